The minimum atomic E-state index is 0.0775. The van der Waals surface area contributed by atoms with E-state index in [4.69, 9.17) is 4.74 Å². The van der Waals surface area contributed by atoms with Crippen LogP contribution in [0.2, 0.25) is 0 Å². The lowest BCUT2D eigenvalue weighted by Crippen LogP contribution is -2.13. The molecule has 0 radical (unpaired) electrons. The highest BCUT2D eigenvalue weighted by Crippen LogP contribution is 2.22. The summed E-state index contributed by atoms with van der Waals surface area (Å²) in [5, 5.41) is 0. The number of benzene rings is 1. The predicted octanol–water partition coefficient (Wildman–Crippen LogP) is 4.56. The van der Waals surface area contributed by atoms with Gasteiger partial charge >= 0.3 is 0 Å². The maximum atomic E-state index is 5.75. The van der Waals surface area contributed by atoms with E-state index in [2.05, 4.69) is 66.5 Å². The van der Waals surface area contributed by atoms with Crippen LogP contribution in [0.1, 0.15) is 32.0 Å². The van der Waals surface area contributed by atoms with Gasteiger partial charge in [0, 0.05) is 14.7 Å². The Labute approximate surface area is 128 Å². The highest BCUT2D eigenvalue weighted by Gasteiger charge is 2.14. The number of ether oxygens (including phenoxy) is 1. The summed E-state index contributed by atoms with van der Waals surface area (Å²) >= 11 is 2.30. The van der Waals surface area contributed by atoms with Crippen LogP contribution in [0.4, 0.5) is 0 Å². The molecule has 100 valence electrons. The highest BCUT2D eigenvalue weighted by molar-refractivity contribution is 14.1. The average Bonchev–Trinajstić information content (AvgIpc) is 2.36. The van der Waals surface area contributed by atoms with E-state index >= 15 is 0 Å². The number of rotatable bonds is 3. The van der Waals surface area contributed by atoms with Crippen LogP contribution in [0.5, 0.6) is 5.75 Å². The van der Waals surface area contributed by atoms with Crippen LogP contribution < -0.4 is 4.74 Å². The van der Waals surface area contributed by atoms with Crippen LogP contribution in [0.25, 0.3) is 0 Å². The molecule has 0 aliphatic rings. The first-order valence-corrected chi connectivity index (χ1v) is 7.37. The van der Waals surface area contributed by atoms with Crippen LogP contribution >= 0.6 is 22.6 Å². The van der Waals surface area contributed by atoms with E-state index in [1.165, 1.54) is 9.13 Å². The monoisotopic (exact) mass is 367 g/mol. The summed E-state index contributed by atoms with van der Waals surface area (Å²) in [4.78, 5) is 4.45. The fourth-order valence-corrected chi connectivity index (χ4v) is 2.31. The summed E-state index contributed by atoms with van der Waals surface area (Å²) in [6, 6.07) is 12.3. The Morgan fingerprint density at radius 3 is 2.53 bits per heavy atom. The number of hydrogen-bond acceptors (Lipinski definition) is 2. The third-order valence-electron chi connectivity index (χ3n) is 2.80. The molecule has 0 fully saturated rings. The van der Waals surface area contributed by atoms with Gasteiger partial charge < -0.3 is 4.74 Å². The van der Waals surface area contributed by atoms with E-state index in [0.29, 0.717) is 6.61 Å². The second kappa shape index (κ2) is 5.90. The topological polar surface area (TPSA) is 22.1 Å². The maximum absolute atomic E-state index is 5.75. The van der Waals surface area contributed by atoms with E-state index in [1.54, 1.807) is 6.20 Å². The first-order chi connectivity index (χ1) is 8.95. The number of pyridine rings is 1. The summed E-state index contributed by atoms with van der Waals surface area (Å²) in [6.07, 6.45) is 1.80. The molecule has 1 aromatic carbocycles. The Bertz CT molecular complexity index is 543. The van der Waals surface area contributed by atoms with E-state index in [-0.39, 0.29) is 5.41 Å². The molecule has 0 bridgehead atoms. The lowest BCUT2D eigenvalue weighted by atomic mass is 9.92. The summed E-state index contributed by atoms with van der Waals surface area (Å²) in [5.41, 5.74) is 2.33. The minimum Gasteiger partial charge on any atom is -0.487 e. The van der Waals surface area contributed by atoms with Crippen LogP contribution in [0, 0.1) is 3.57 Å². The van der Waals surface area contributed by atoms with E-state index in [0.717, 1.165) is 11.4 Å². The van der Waals surface area contributed by atoms with Crippen molar-refractivity contribution in [2.75, 3.05) is 0 Å². The Morgan fingerprint density at radius 2 is 1.95 bits per heavy atom. The fraction of sp³-hybridized carbons (Fsp3) is 0.312. The first kappa shape index (κ1) is 14.3. The lowest BCUT2D eigenvalue weighted by Gasteiger charge is -2.17. The van der Waals surface area contributed by atoms with Gasteiger partial charge in [-0.25, -0.2) is 0 Å². The number of aromatic nitrogens is 1. The van der Waals surface area contributed by atoms with Gasteiger partial charge in [-0.2, -0.15) is 0 Å². The van der Waals surface area contributed by atoms with E-state index in [1.807, 2.05) is 18.2 Å². The molecule has 2 rings (SSSR count). The fourth-order valence-electron chi connectivity index (χ4n) is 1.70. The molecular weight excluding hydrogens is 349 g/mol. The van der Waals surface area contributed by atoms with Gasteiger partial charge in [-0.15, -0.1) is 0 Å². The Hall–Kier alpha value is -1.10. The van der Waals surface area contributed by atoms with Crippen molar-refractivity contribution in [1.82, 2.24) is 4.98 Å². The van der Waals surface area contributed by atoms with Gasteiger partial charge in [-0.3, -0.25) is 4.98 Å². The Morgan fingerprint density at radius 1 is 1.16 bits per heavy atom. The molecule has 0 N–H and O–H groups in total. The minimum absolute atomic E-state index is 0.0775. The molecule has 0 unspecified atom stereocenters. The molecule has 0 atom stereocenters. The van der Waals surface area contributed by atoms with Crippen LogP contribution in [0.3, 0.4) is 0 Å². The zero-order chi connectivity index (χ0) is 13.9. The van der Waals surface area contributed by atoms with E-state index < -0.39 is 0 Å². The summed E-state index contributed by atoms with van der Waals surface area (Å²) in [6.45, 7) is 7.04. The summed E-state index contributed by atoms with van der Waals surface area (Å²) in [7, 11) is 0. The molecule has 0 spiro atoms. The van der Waals surface area contributed by atoms with Crippen LogP contribution in [-0.2, 0) is 12.0 Å². The second-order valence-electron chi connectivity index (χ2n) is 5.55. The zero-order valence-corrected chi connectivity index (χ0v) is 13.6. The standard InChI is InChI=1S/C16H18INO/c1-16(2,3)15-8-7-14(10-18-15)19-11-12-5-4-6-13(17)9-12/h4-10H,11H2,1-3H3. The van der Waals surface area contributed by atoms with Crippen molar-refractivity contribution < 1.29 is 4.74 Å². The van der Waals surface area contributed by atoms with Crippen molar-refractivity contribution in [2.45, 2.75) is 32.8 Å². The van der Waals surface area contributed by atoms with Crippen molar-refractivity contribution in [3.63, 3.8) is 0 Å². The molecule has 2 aromatic rings. The molecule has 1 heterocycles. The van der Waals surface area contributed by atoms with Gasteiger partial charge in [0.15, 0.2) is 0 Å². The zero-order valence-electron chi connectivity index (χ0n) is 11.5. The van der Waals surface area contributed by atoms with Gasteiger partial charge in [0.05, 0.1) is 6.20 Å². The van der Waals surface area contributed by atoms with Gasteiger partial charge in [-0.1, -0.05) is 32.9 Å². The van der Waals surface area contributed by atoms with Gasteiger partial charge in [0.2, 0.25) is 0 Å². The van der Waals surface area contributed by atoms with E-state index in [9.17, 15) is 0 Å². The number of nitrogens with zero attached hydrogens (tertiary/aromatic N) is 1. The summed E-state index contributed by atoms with van der Waals surface area (Å²) < 4.78 is 6.97. The molecular formula is C16H18INO. The molecule has 0 amide bonds. The molecule has 0 aliphatic heterocycles. The van der Waals surface area contributed by atoms with Crippen LogP contribution in [-0.4, -0.2) is 4.98 Å². The third-order valence-corrected chi connectivity index (χ3v) is 3.47. The molecule has 0 saturated carbocycles. The maximum Gasteiger partial charge on any atom is 0.138 e. The van der Waals surface area contributed by atoms with Crippen LogP contribution in [0.15, 0.2) is 42.6 Å². The molecule has 1 aromatic heterocycles. The third kappa shape index (κ3) is 4.20. The quantitative estimate of drug-likeness (QED) is 0.742. The summed E-state index contributed by atoms with van der Waals surface area (Å²) in [5.74, 6) is 0.812. The van der Waals surface area contributed by atoms with Crippen molar-refractivity contribution in [1.29, 1.82) is 0 Å². The molecule has 3 heteroatoms. The van der Waals surface area contributed by atoms with Gasteiger partial charge in [-0.05, 0) is 52.4 Å². The smallest absolute Gasteiger partial charge is 0.138 e. The first-order valence-electron chi connectivity index (χ1n) is 6.29. The molecule has 0 saturated heterocycles. The number of halogens is 1. The second-order valence-corrected chi connectivity index (χ2v) is 6.79. The highest BCUT2D eigenvalue weighted by atomic mass is 127. The van der Waals surface area contributed by atoms with Crippen molar-refractivity contribution in [3.8, 4) is 5.75 Å². The van der Waals surface area contributed by atoms with Gasteiger partial charge in [0.1, 0.15) is 12.4 Å². The van der Waals surface area contributed by atoms with Crippen molar-refractivity contribution in [2.24, 2.45) is 0 Å². The SMILES string of the molecule is CC(C)(C)c1ccc(OCc2cccc(I)c2)cn1. The number of hydrogen-bond donors (Lipinski definition) is 0. The van der Waals surface area contributed by atoms with Crippen molar-refractivity contribution >= 4 is 22.6 Å². The Balaban J connectivity index is 2.01. The normalized spacial score (nSPS) is 11.4. The molecule has 0 aliphatic carbocycles. The van der Waals surface area contributed by atoms with Crippen molar-refractivity contribution in [3.05, 3.63) is 57.4 Å². The predicted molar refractivity (Wildman–Crippen MR) is 86.4 cm³/mol. The largest absolute Gasteiger partial charge is 0.487 e. The molecule has 2 nitrogen and oxygen atoms in total. The van der Waals surface area contributed by atoms with Gasteiger partial charge in [0.25, 0.3) is 0 Å². The average molecular weight is 367 g/mol. The Kier molecular flexibility index (Phi) is 4.45. The lowest BCUT2D eigenvalue weighted by molar-refractivity contribution is 0.304. The molecule has 19 heavy (non-hydrogen) atoms.